The first-order valence-electron chi connectivity index (χ1n) is 9.49. The van der Waals surface area contributed by atoms with Crippen molar-refractivity contribution in [3.8, 4) is 5.75 Å². The minimum atomic E-state index is -0.640. The summed E-state index contributed by atoms with van der Waals surface area (Å²) in [5.41, 5.74) is 0.949. The molecule has 1 N–H and O–H groups in total. The Morgan fingerprint density at radius 2 is 1.65 bits per heavy atom. The first-order chi connectivity index (χ1) is 15.0. The van der Waals surface area contributed by atoms with Crippen LogP contribution in [0, 0.1) is 11.6 Å². The van der Waals surface area contributed by atoms with Crippen molar-refractivity contribution in [1.29, 1.82) is 0 Å². The fourth-order valence-electron chi connectivity index (χ4n) is 3.44. The fourth-order valence-corrected chi connectivity index (χ4v) is 3.44. The minimum absolute atomic E-state index is 0.0311. The number of carbonyl (C=O) groups excluding carboxylic acids is 2. The summed E-state index contributed by atoms with van der Waals surface area (Å²) in [7, 11) is 1.46. The quantitative estimate of drug-likeness (QED) is 0.602. The van der Waals surface area contributed by atoms with Crippen LogP contribution in [0.1, 0.15) is 11.1 Å². The van der Waals surface area contributed by atoms with E-state index in [1.807, 2.05) is 0 Å². The molecule has 1 heterocycles. The second-order valence-electron chi connectivity index (χ2n) is 6.87. The van der Waals surface area contributed by atoms with Gasteiger partial charge in [0.15, 0.2) is 0 Å². The molecule has 0 atom stereocenters. The zero-order valence-electron chi connectivity index (χ0n) is 16.6. The van der Waals surface area contributed by atoms with E-state index in [1.165, 1.54) is 43.5 Å². The van der Waals surface area contributed by atoms with Crippen LogP contribution in [0.3, 0.4) is 0 Å². The molecule has 156 valence electrons. The molecule has 31 heavy (non-hydrogen) atoms. The van der Waals surface area contributed by atoms with Gasteiger partial charge in [0.05, 0.1) is 19.2 Å². The maximum Gasteiger partial charge on any atom is 0.278 e. The molecule has 1 aliphatic rings. The van der Waals surface area contributed by atoms with Crippen LogP contribution in [0.2, 0.25) is 0 Å². The zero-order chi connectivity index (χ0) is 22.0. The Morgan fingerprint density at radius 1 is 0.903 bits per heavy atom. The minimum Gasteiger partial charge on any atom is -0.496 e. The van der Waals surface area contributed by atoms with Gasteiger partial charge in [0.2, 0.25) is 0 Å². The predicted molar refractivity (Wildman–Crippen MR) is 112 cm³/mol. The number of methoxy groups -OCH3 is 1. The molecule has 0 radical (unpaired) electrons. The molecule has 0 fully saturated rings. The number of benzene rings is 3. The van der Waals surface area contributed by atoms with E-state index in [2.05, 4.69) is 5.32 Å². The van der Waals surface area contributed by atoms with Crippen molar-refractivity contribution in [3.05, 3.63) is 101 Å². The second kappa shape index (κ2) is 8.39. The Bertz CT molecular complexity index is 1210. The summed E-state index contributed by atoms with van der Waals surface area (Å²) in [6.45, 7) is -0.239. The van der Waals surface area contributed by atoms with Gasteiger partial charge < -0.3 is 10.1 Å². The molecule has 5 nitrogen and oxygen atoms in total. The highest BCUT2D eigenvalue weighted by atomic mass is 19.1. The molecule has 2 amide bonds. The molecular weight excluding hydrogens is 402 g/mol. The number of carbonyl (C=O) groups is 2. The van der Waals surface area contributed by atoms with Crippen molar-refractivity contribution < 1.29 is 23.1 Å². The smallest absolute Gasteiger partial charge is 0.278 e. The summed E-state index contributed by atoms with van der Waals surface area (Å²) in [5, 5.41) is 2.87. The molecule has 3 aromatic rings. The first-order valence-corrected chi connectivity index (χ1v) is 9.49. The molecule has 0 unspecified atom stereocenters. The van der Waals surface area contributed by atoms with Crippen LogP contribution >= 0.6 is 0 Å². The van der Waals surface area contributed by atoms with Crippen molar-refractivity contribution in [1.82, 2.24) is 4.90 Å². The lowest BCUT2D eigenvalue weighted by Crippen LogP contribution is -2.32. The summed E-state index contributed by atoms with van der Waals surface area (Å²) in [6.07, 6.45) is 0. The van der Waals surface area contributed by atoms with Crippen LogP contribution < -0.4 is 10.1 Å². The van der Waals surface area contributed by atoms with E-state index >= 15 is 0 Å². The normalized spacial score (nSPS) is 13.7. The summed E-state index contributed by atoms with van der Waals surface area (Å²) >= 11 is 0. The highest BCUT2D eigenvalue weighted by molar-refractivity contribution is 6.36. The summed E-state index contributed by atoms with van der Waals surface area (Å²) in [4.78, 5) is 27.5. The molecule has 3 aromatic carbocycles. The van der Waals surface area contributed by atoms with E-state index in [0.717, 1.165) is 4.90 Å². The monoisotopic (exact) mass is 420 g/mol. The van der Waals surface area contributed by atoms with E-state index in [-0.39, 0.29) is 23.4 Å². The van der Waals surface area contributed by atoms with Crippen LogP contribution in [0.5, 0.6) is 5.75 Å². The number of nitrogens with one attached hydrogen (secondary N) is 1. The number of hydrogen-bond acceptors (Lipinski definition) is 4. The molecule has 0 saturated heterocycles. The average Bonchev–Trinajstić information content (AvgIpc) is 2.99. The van der Waals surface area contributed by atoms with Crippen LogP contribution in [0.15, 0.2) is 78.5 Å². The van der Waals surface area contributed by atoms with Crippen LogP contribution in [-0.4, -0.2) is 23.8 Å². The first kappa shape index (κ1) is 20.3. The maximum absolute atomic E-state index is 14.2. The van der Waals surface area contributed by atoms with Crippen molar-refractivity contribution >= 4 is 23.1 Å². The van der Waals surface area contributed by atoms with Crippen molar-refractivity contribution in [2.24, 2.45) is 0 Å². The number of imide groups is 1. The molecule has 0 spiro atoms. The van der Waals surface area contributed by atoms with Crippen molar-refractivity contribution in [3.63, 3.8) is 0 Å². The Labute approximate surface area is 177 Å². The third-order valence-corrected chi connectivity index (χ3v) is 4.92. The number of halogens is 2. The highest BCUT2D eigenvalue weighted by Gasteiger charge is 2.40. The zero-order valence-corrected chi connectivity index (χ0v) is 16.6. The number of ether oxygens (including phenoxy) is 1. The Morgan fingerprint density at radius 3 is 2.39 bits per heavy atom. The van der Waals surface area contributed by atoms with Crippen LogP contribution in [-0.2, 0) is 16.1 Å². The topological polar surface area (TPSA) is 58.6 Å². The summed E-state index contributed by atoms with van der Waals surface area (Å²) in [5.74, 6) is -1.86. The Kier molecular flexibility index (Phi) is 5.49. The standard InChI is InChI=1S/C24H18F2N2O3/c1-31-20-12-5-3-10-18(20)21-22(27-17-9-6-8-16(25)13-17)24(30)28(23(21)29)14-15-7-2-4-11-19(15)26/h2-13,27H,14H2,1H3. The van der Waals surface area contributed by atoms with Gasteiger partial charge in [-0.15, -0.1) is 0 Å². The molecule has 4 rings (SSSR count). The lowest BCUT2D eigenvalue weighted by Gasteiger charge is -2.16. The summed E-state index contributed by atoms with van der Waals surface area (Å²) < 4.78 is 33.2. The lowest BCUT2D eigenvalue weighted by atomic mass is 10.0. The molecule has 0 aliphatic carbocycles. The van der Waals surface area contributed by atoms with Gasteiger partial charge in [-0.1, -0.05) is 42.5 Å². The molecule has 0 saturated carbocycles. The molecule has 7 heteroatoms. The van der Waals surface area contributed by atoms with E-state index in [0.29, 0.717) is 17.0 Å². The number of para-hydroxylation sites is 1. The van der Waals surface area contributed by atoms with E-state index < -0.39 is 23.4 Å². The van der Waals surface area contributed by atoms with Gasteiger partial charge in [0.25, 0.3) is 11.8 Å². The van der Waals surface area contributed by atoms with E-state index in [4.69, 9.17) is 4.74 Å². The second-order valence-corrected chi connectivity index (χ2v) is 6.87. The predicted octanol–water partition coefficient (Wildman–Crippen LogP) is 4.37. The van der Waals surface area contributed by atoms with E-state index in [9.17, 15) is 18.4 Å². The number of amides is 2. The van der Waals surface area contributed by atoms with Crippen LogP contribution in [0.4, 0.5) is 14.5 Å². The van der Waals surface area contributed by atoms with Gasteiger partial charge >= 0.3 is 0 Å². The van der Waals surface area contributed by atoms with E-state index in [1.54, 1.807) is 36.4 Å². The largest absolute Gasteiger partial charge is 0.496 e. The van der Waals surface area contributed by atoms with Gasteiger partial charge in [-0.2, -0.15) is 0 Å². The lowest BCUT2D eigenvalue weighted by molar-refractivity contribution is -0.137. The van der Waals surface area contributed by atoms with Gasteiger partial charge in [0, 0.05) is 16.8 Å². The number of nitrogens with zero attached hydrogens (tertiary/aromatic N) is 1. The van der Waals surface area contributed by atoms with Gasteiger partial charge in [-0.3, -0.25) is 14.5 Å². The van der Waals surface area contributed by atoms with Gasteiger partial charge in [-0.25, -0.2) is 8.78 Å². The highest BCUT2D eigenvalue weighted by Crippen LogP contribution is 2.36. The Balaban J connectivity index is 1.80. The third kappa shape index (κ3) is 3.90. The molecule has 0 bridgehead atoms. The average molecular weight is 420 g/mol. The Hall–Kier alpha value is -4.00. The van der Waals surface area contributed by atoms with Gasteiger partial charge in [0.1, 0.15) is 23.1 Å². The summed E-state index contributed by atoms with van der Waals surface area (Å²) in [6, 6.07) is 18.2. The SMILES string of the molecule is COc1ccccc1C1=C(Nc2cccc(F)c2)C(=O)N(Cc2ccccc2F)C1=O. The molecule has 1 aliphatic heterocycles. The fraction of sp³-hybridized carbons (Fsp3) is 0.0833. The van der Waals surface area contributed by atoms with Gasteiger partial charge in [-0.05, 0) is 30.3 Å². The maximum atomic E-state index is 14.2. The molecule has 0 aromatic heterocycles. The van der Waals surface area contributed by atoms with Crippen molar-refractivity contribution in [2.45, 2.75) is 6.54 Å². The number of hydrogen-bond donors (Lipinski definition) is 1. The van der Waals surface area contributed by atoms with Crippen LogP contribution in [0.25, 0.3) is 5.57 Å². The third-order valence-electron chi connectivity index (χ3n) is 4.92. The molecular formula is C24H18F2N2O3. The van der Waals surface area contributed by atoms with Crippen molar-refractivity contribution in [2.75, 3.05) is 12.4 Å². The number of anilines is 1. The number of rotatable bonds is 6.